The Bertz CT molecular complexity index is 1120. The van der Waals surface area contributed by atoms with Crippen molar-refractivity contribution < 1.29 is 14.4 Å². The van der Waals surface area contributed by atoms with Crippen LogP contribution in [0.25, 0.3) is 32.3 Å². The highest BCUT2D eigenvalue weighted by Gasteiger charge is 2.08. The van der Waals surface area contributed by atoms with E-state index in [4.69, 9.17) is 30.6 Å². The summed E-state index contributed by atoms with van der Waals surface area (Å²) in [6.07, 6.45) is 2.25. The van der Waals surface area contributed by atoms with Crippen molar-refractivity contribution in [1.82, 2.24) is 0 Å². The third kappa shape index (κ3) is 4.92. The molecule has 0 spiro atoms. The molecule has 4 aromatic carbocycles. The maximum Gasteiger partial charge on any atom is 0.231 e. The van der Waals surface area contributed by atoms with Gasteiger partial charge in [0.1, 0.15) is 0 Å². The third-order valence-electron chi connectivity index (χ3n) is 3.98. The van der Waals surface area contributed by atoms with Crippen molar-refractivity contribution in [2.75, 3.05) is 0 Å². The lowest BCUT2D eigenvalue weighted by molar-refractivity contribution is 0.562. The van der Waals surface area contributed by atoms with E-state index in [1.807, 2.05) is 0 Å². The van der Waals surface area contributed by atoms with E-state index in [9.17, 15) is 0 Å². The number of aryl methyl sites for hydroxylation is 1. The molecule has 0 aliphatic rings. The summed E-state index contributed by atoms with van der Waals surface area (Å²) >= 11 is 0. The molecular weight excluding hydrogens is 354 g/mol. The molecule has 0 unspecified atom stereocenters. The van der Waals surface area contributed by atoms with Gasteiger partial charge >= 0.3 is 0 Å². The second-order valence-corrected chi connectivity index (χ2v) is 5.39. The number of hydrogen-bond acceptors (Lipinski definition) is 6. The molecule has 138 valence electrons. The van der Waals surface area contributed by atoms with Gasteiger partial charge in [0.2, 0.25) is 18.2 Å². The Hall–Kier alpha value is -4.20. The van der Waals surface area contributed by atoms with E-state index >= 15 is 0 Å². The maximum atomic E-state index is 8.35. The van der Waals surface area contributed by atoms with Crippen LogP contribution in [0.4, 0.5) is 0 Å². The minimum absolute atomic E-state index is 0.750. The first-order valence-electron chi connectivity index (χ1n) is 8.01. The Kier molecular flexibility index (Phi) is 8.91. The zero-order chi connectivity index (χ0) is 20.9. The summed E-state index contributed by atoms with van der Waals surface area (Å²) < 4.78 is 0. The van der Waals surface area contributed by atoms with Crippen molar-refractivity contribution in [3.63, 3.8) is 0 Å². The molecule has 0 aromatic heterocycles. The minimum Gasteiger partial charge on any atom is -0.222 e. The quantitative estimate of drug-likeness (QED) is 0.225. The van der Waals surface area contributed by atoms with Crippen molar-refractivity contribution >= 4 is 50.6 Å². The molecule has 0 fully saturated rings. The summed E-state index contributed by atoms with van der Waals surface area (Å²) in [6, 6.07) is 24.0. The summed E-state index contributed by atoms with van der Waals surface area (Å²) in [7, 11) is 0. The van der Waals surface area contributed by atoms with Crippen LogP contribution in [-0.4, -0.2) is 18.2 Å². The number of fused-ring (bicyclic) bond motifs is 6. The third-order valence-corrected chi connectivity index (χ3v) is 3.98. The summed E-state index contributed by atoms with van der Waals surface area (Å²) in [5, 5.41) is 24.3. The van der Waals surface area contributed by atoms with Crippen LogP contribution >= 0.6 is 0 Å². The van der Waals surface area contributed by atoms with Gasteiger partial charge in [-0.25, -0.2) is 30.6 Å². The molecule has 0 radical (unpaired) electrons. The first-order chi connectivity index (χ1) is 13.6. The highest BCUT2D eigenvalue weighted by atomic mass is 16.1. The normalized spacial score (nSPS) is 8.61. The topological polar surface area (TPSA) is 123 Å². The van der Waals surface area contributed by atoms with Crippen LogP contribution in [0.15, 0.2) is 66.7 Å². The van der Waals surface area contributed by atoms with Gasteiger partial charge in [-0.2, -0.15) is 0 Å². The Morgan fingerprint density at radius 1 is 0.536 bits per heavy atom. The predicted octanol–water partition coefficient (Wildman–Crippen LogP) is 5.16. The van der Waals surface area contributed by atoms with Gasteiger partial charge < -0.3 is 0 Å². The van der Waals surface area contributed by atoms with Crippen molar-refractivity contribution in [2.24, 2.45) is 0 Å². The van der Waals surface area contributed by atoms with Crippen LogP contribution < -0.4 is 0 Å². The fourth-order valence-corrected chi connectivity index (χ4v) is 3.14. The van der Waals surface area contributed by atoms with Crippen LogP contribution in [-0.2, 0) is 14.4 Å². The van der Waals surface area contributed by atoms with E-state index < -0.39 is 0 Å². The van der Waals surface area contributed by atoms with Gasteiger partial charge in [-0.05, 0) is 44.8 Å². The zero-order valence-electron chi connectivity index (χ0n) is 15.1. The molecule has 0 saturated heterocycles. The van der Waals surface area contributed by atoms with Crippen LogP contribution in [0, 0.1) is 23.2 Å². The maximum absolute atomic E-state index is 8.35. The van der Waals surface area contributed by atoms with E-state index in [-0.39, 0.29) is 0 Å². The highest BCUT2D eigenvalue weighted by Crippen LogP contribution is 2.36. The van der Waals surface area contributed by atoms with E-state index in [2.05, 4.69) is 73.7 Å². The SMILES string of the molecule is Cc1cccc2c3ccccc3c3ccccc3c12.N=C=O.N=C=O.N=C=O. The standard InChI is InChI=1S/C19H14.3CHNO/c1-13-7-6-12-18-16-9-3-2-8-14(16)15-10-4-5-11-17(15)19(13)18;3*2-1-3/h2-12H,1H3;3*2H. The molecule has 6 nitrogen and oxygen atoms in total. The molecular formula is C22H17N3O3. The summed E-state index contributed by atoms with van der Waals surface area (Å²) in [5.41, 5.74) is 1.35. The smallest absolute Gasteiger partial charge is 0.222 e. The summed E-state index contributed by atoms with van der Waals surface area (Å²) in [5.74, 6) is 0. The molecule has 0 aliphatic carbocycles. The summed E-state index contributed by atoms with van der Waals surface area (Å²) in [6.45, 7) is 2.20. The average molecular weight is 371 g/mol. The lowest BCUT2D eigenvalue weighted by Crippen LogP contribution is -1.85. The van der Waals surface area contributed by atoms with E-state index in [0.717, 1.165) is 18.2 Å². The van der Waals surface area contributed by atoms with Crippen LogP contribution in [0.5, 0.6) is 0 Å². The molecule has 6 heteroatoms. The minimum atomic E-state index is 0.750. The lowest BCUT2D eigenvalue weighted by atomic mass is 9.92. The molecule has 4 aromatic rings. The van der Waals surface area contributed by atoms with Crippen molar-refractivity contribution in [3.05, 3.63) is 72.3 Å². The Morgan fingerprint density at radius 3 is 1.21 bits per heavy atom. The predicted molar refractivity (Wildman–Crippen MR) is 109 cm³/mol. The monoisotopic (exact) mass is 371 g/mol. The highest BCUT2D eigenvalue weighted by molar-refractivity contribution is 6.25. The number of isocyanates is 3. The summed E-state index contributed by atoms with van der Waals surface area (Å²) in [4.78, 5) is 25.0. The largest absolute Gasteiger partial charge is 0.231 e. The fraction of sp³-hybridized carbons (Fsp3) is 0.0455. The first kappa shape index (κ1) is 21.8. The Morgan fingerprint density at radius 2 is 0.821 bits per heavy atom. The number of nitrogens with one attached hydrogen (secondary N) is 3. The van der Waals surface area contributed by atoms with Crippen LogP contribution in [0.3, 0.4) is 0 Å². The Balaban J connectivity index is 0.000000376. The van der Waals surface area contributed by atoms with Crippen LogP contribution in [0.2, 0.25) is 0 Å². The van der Waals surface area contributed by atoms with E-state index in [0.29, 0.717) is 0 Å². The van der Waals surface area contributed by atoms with Gasteiger partial charge in [0, 0.05) is 0 Å². The van der Waals surface area contributed by atoms with Gasteiger partial charge in [-0.1, -0.05) is 66.7 Å². The molecule has 0 bridgehead atoms. The first-order valence-corrected chi connectivity index (χ1v) is 8.01. The molecule has 0 saturated carbocycles. The molecule has 0 heterocycles. The van der Waals surface area contributed by atoms with Crippen molar-refractivity contribution in [2.45, 2.75) is 6.92 Å². The Labute approximate surface area is 160 Å². The van der Waals surface area contributed by atoms with Crippen molar-refractivity contribution in [3.8, 4) is 0 Å². The lowest BCUT2D eigenvalue weighted by Gasteiger charge is -2.11. The molecule has 0 amide bonds. The fourth-order valence-electron chi connectivity index (χ4n) is 3.14. The number of hydrogen-bond donors (Lipinski definition) is 3. The van der Waals surface area contributed by atoms with Crippen molar-refractivity contribution in [1.29, 1.82) is 16.2 Å². The second-order valence-electron chi connectivity index (χ2n) is 5.39. The van der Waals surface area contributed by atoms with E-state index in [1.165, 1.54) is 37.9 Å². The second kappa shape index (κ2) is 11.4. The number of rotatable bonds is 0. The zero-order valence-corrected chi connectivity index (χ0v) is 15.1. The number of benzene rings is 4. The molecule has 3 N–H and O–H groups in total. The molecule has 0 aliphatic heterocycles. The molecule has 0 atom stereocenters. The van der Waals surface area contributed by atoms with Gasteiger partial charge in [-0.3, -0.25) is 0 Å². The molecule has 28 heavy (non-hydrogen) atoms. The van der Waals surface area contributed by atoms with Gasteiger partial charge in [0.05, 0.1) is 0 Å². The van der Waals surface area contributed by atoms with Gasteiger partial charge in [0.25, 0.3) is 0 Å². The van der Waals surface area contributed by atoms with Gasteiger partial charge in [-0.15, -0.1) is 0 Å². The molecule has 4 rings (SSSR count). The van der Waals surface area contributed by atoms with E-state index in [1.54, 1.807) is 0 Å². The average Bonchev–Trinajstić information content (AvgIpc) is 2.70. The van der Waals surface area contributed by atoms with Gasteiger partial charge in [0.15, 0.2) is 0 Å². The number of carbonyl (C=O) groups excluding carboxylic acids is 3. The van der Waals surface area contributed by atoms with Crippen LogP contribution in [0.1, 0.15) is 5.56 Å².